The Kier molecular flexibility index (Phi) is 7.25. The van der Waals surface area contributed by atoms with E-state index in [1.54, 1.807) is 12.1 Å². The first-order valence-electron chi connectivity index (χ1n) is 11.0. The fourth-order valence-electron chi connectivity index (χ4n) is 3.95. The lowest BCUT2D eigenvalue weighted by molar-refractivity contribution is -0.158. The van der Waals surface area contributed by atoms with Gasteiger partial charge in [0.05, 0.1) is 29.5 Å². The Bertz CT molecular complexity index is 1100. The number of carbonyl (C=O) groups is 3. The van der Waals surface area contributed by atoms with Crippen molar-refractivity contribution < 1.29 is 41.8 Å². The first-order valence-corrected chi connectivity index (χ1v) is 11.0. The second-order valence-corrected chi connectivity index (χ2v) is 8.14. The monoisotopic (exact) mass is 492 g/mol. The van der Waals surface area contributed by atoms with Gasteiger partial charge in [-0.05, 0) is 43.2 Å². The summed E-state index contributed by atoms with van der Waals surface area (Å²) in [4.78, 5) is 37.9. The van der Waals surface area contributed by atoms with Crippen LogP contribution in [0.5, 0.6) is 5.75 Å². The zero-order valence-electron chi connectivity index (χ0n) is 18.5. The van der Waals surface area contributed by atoms with Crippen molar-refractivity contribution in [3.63, 3.8) is 0 Å². The SMILES string of the molecule is O=C1CC(C(F)(F)F)N(C(=O)COC(=O)c2cccc(OCC3CCCO3)c2)c2ccccc2N1. The molecule has 4 rings (SSSR count). The van der Waals surface area contributed by atoms with Gasteiger partial charge in [-0.15, -0.1) is 0 Å². The third-order valence-corrected chi connectivity index (χ3v) is 5.63. The molecule has 0 aliphatic carbocycles. The number of amides is 2. The number of nitrogens with one attached hydrogen (secondary N) is 1. The molecule has 1 fully saturated rings. The Balaban J connectivity index is 1.46. The van der Waals surface area contributed by atoms with Crippen molar-refractivity contribution in [3.8, 4) is 5.75 Å². The molecule has 2 unspecified atom stereocenters. The number of fused-ring (bicyclic) bond motifs is 1. The number of ether oxygens (including phenoxy) is 3. The van der Waals surface area contributed by atoms with E-state index in [2.05, 4.69) is 5.32 Å². The predicted molar refractivity (Wildman–Crippen MR) is 118 cm³/mol. The number of hydrogen-bond acceptors (Lipinski definition) is 6. The molecule has 2 aromatic carbocycles. The smallest absolute Gasteiger partial charge is 0.409 e. The fourth-order valence-corrected chi connectivity index (χ4v) is 3.95. The normalized spacial score (nSPS) is 20.0. The third-order valence-electron chi connectivity index (χ3n) is 5.63. The fraction of sp³-hybridized carbons (Fsp3) is 0.375. The number of esters is 1. The number of para-hydroxylation sites is 2. The topological polar surface area (TPSA) is 94.2 Å². The predicted octanol–water partition coefficient (Wildman–Crippen LogP) is 3.71. The second-order valence-electron chi connectivity index (χ2n) is 8.14. The van der Waals surface area contributed by atoms with Crippen molar-refractivity contribution in [1.29, 1.82) is 0 Å². The molecule has 2 atom stereocenters. The molecule has 35 heavy (non-hydrogen) atoms. The number of benzene rings is 2. The Hall–Kier alpha value is -3.60. The van der Waals surface area contributed by atoms with Gasteiger partial charge in [-0.25, -0.2) is 4.79 Å². The van der Waals surface area contributed by atoms with E-state index in [0.717, 1.165) is 12.8 Å². The van der Waals surface area contributed by atoms with Crippen molar-refractivity contribution in [2.45, 2.75) is 37.6 Å². The first-order chi connectivity index (χ1) is 16.7. The van der Waals surface area contributed by atoms with Gasteiger partial charge < -0.3 is 19.5 Å². The lowest BCUT2D eigenvalue weighted by atomic mass is 10.1. The van der Waals surface area contributed by atoms with E-state index in [0.29, 0.717) is 23.9 Å². The zero-order valence-corrected chi connectivity index (χ0v) is 18.5. The lowest BCUT2D eigenvalue weighted by Crippen LogP contribution is -2.51. The average Bonchev–Trinajstić information content (AvgIpc) is 3.29. The van der Waals surface area contributed by atoms with E-state index in [4.69, 9.17) is 14.2 Å². The van der Waals surface area contributed by atoms with E-state index in [-0.39, 0.29) is 23.0 Å². The minimum atomic E-state index is -4.89. The van der Waals surface area contributed by atoms with Gasteiger partial charge in [0.1, 0.15) is 18.4 Å². The van der Waals surface area contributed by atoms with Gasteiger partial charge in [-0.3, -0.25) is 14.5 Å². The molecule has 2 aromatic rings. The van der Waals surface area contributed by atoms with Gasteiger partial charge in [-0.1, -0.05) is 18.2 Å². The summed E-state index contributed by atoms with van der Waals surface area (Å²) in [5.41, 5.74) is -0.00519. The molecule has 11 heteroatoms. The number of anilines is 2. The molecule has 0 radical (unpaired) electrons. The molecule has 0 saturated carbocycles. The molecule has 2 aliphatic rings. The number of alkyl halides is 3. The van der Waals surface area contributed by atoms with Crippen LogP contribution in [-0.2, 0) is 19.1 Å². The molecule has 8 nitrogen and oxygen atoms in total. The summed E-state index contributed by atoms with van der Waals surface area (Å²) in [5, 5.41) is 2.37. The highest BCUT2D eigenvalue weighted by atomic mass is 19.4. The summed E-state index contributed by atoms with van der Waals surface area (Å²) in [6.07, 6.45) is -4.06. The van der Waals surface area contributed by atoms with E-state index in [1.165, 1.54) is 36.4 Å². The van der Waals surface area contributed by atoms with E-state index >= 15 is 0 Å². The van der Waals surface area contributed by atoms with Crippen LogP contribution in [0.2, 0.25) is 0 Å². The number of nitrogens with zero attached hydrogens (tertiary/aromatic N) is 1. The summed E-state index contributed by atoms with van der Waals surface area (Å²) in [6.45, 7) is 0.0429. The molecular weight excluding hydrogens is 469 g/mol. The van der Waals surface area contributed by atoms with Gasteiger partial charge in [0.2, 0.25) is 5.91 Å². The minimum absolute atomic E-state index is 0.0253. The zero-order chi connectivity index (χ0) is 25.0. The van der Waals surface area contributed by atoms with E-state index in [9.17, 15) is 27.6 Å². The van der Waals surface area contributed by atoms with E-state index in [1.807, 2.05) is 0 Å². The molecule has 0 aromatic heterocycles. The largest absolute Gasteiger partial charge is 0.491 e. The number of rotatable bonds is 6. The molecular formula is C24H23F3N2O6. The van der Waals surface area contributed by atoms with Crippen molar-refractivity contribution >= 4 is 29.2 Å². The van der Waals surface area contributed by atoms with Crippen LogP contribution in [0.15, 0.2) is 48.5 Å². The summed E-state index contributed by atoms with van der Waals surface area (Å²) in [6, 6.07) is 9.29. The summed E-state index contributed by atoms with van der Waals surface area (Å²) in [7, 11) is 0. The molecule has 0 bridgehead atoms. The van der Waals surface area contributed by atoms with Crippen LogP contribution in [0.3, 0.4) is 0 Å². The maximum atomic E-state index is 13.8. The molecule has 1 N–H and O–H groups in total. The van der Waals surface area contributed by atoms with Gasteiger partial charge in [0, 0.05) is 6.61 Å². The second kappa shape index (κ2) is 10.3. The summed E-state index contributed by atoms with van der Waals surface area (Å²) >= 11 is 0. The van der Waals surface area contributed by atoms with Crippen LogP contribution in [0.4, 0.5) is 24.5 Å². The maximum absolute atomic E-state index is 13.8. The Morgan fingerprint density at radius 2 is 1.94 bits per heavy atom. The van der Waals surface area contributed by atoms with Crippen molar-refractivity contribution in [2.75, 3.05) is 30.0 Å². The summed E-state index contributed by atoms with van der Waals surface area (Å²) in [5.74, 6) is -2.51. The van der Waals surface area contributed by atoms with Crippen LogP contribution < -0.4 is 15.0 Å². The average molecular weight is 492 g/mol. The highest BCUT2D eigenvalue weighted by Gasteiger charge is 2.49. The first kappa shape index (κ1) is 24.5. The van der Waals surface area contributed by atoms with Crippen LogP contribution >= 0.6 is 0 Å². The van der Waals surface area contributed by atoms with Gasteiger partial charge in [-0.2, -0.15) is 13.2 Å². The van der Waals surface area contributed by atoms with Crippen molar-refractivity contribution in [1.82, 2.24) is 0 Å². The molecule has 0 spiro atoms. The Morgan fingerprint density at radius 1 is 1.14 bits per heavy atom. The van der Waals surface area contributed by atoms with Crippen LogP contribution in [0.1, 0.15) is 29.6 Å². The molecule has 2 amide bonds. The standard InChI is InChI=1S/C24H23F3N2O6/c25-24(26,27)20-12-21(30)28-18-8-1-2-9-19(18)29(20)22(31)14-35-23(32)15-5-3-6-16(11-15)34-13-17-7-4-10-33-17/h1-3,5-6,8-9,11,17,20H,4,7,10,12-14H2,(H,28,30). The van der Waals surface area contributed by atoms with Crippen molar-refractivity contribution in [3.05, 3.63) is 54.1 Å². The molecule has 186 valence electrons. The van der Waals surface area contributed by atoms with Crippen molar-refractivity contribution in [2.24, 2.45) is 0 Å². The van der Waals surface area contributed by atoms with Gasteiger partial charge in [0.25, 0.3) is 5.91 Å². The van der Waals surface area contributed by atoms with Crippen LogP contribution in [-0.4, -0.2) is 55.9 Å². The van der Waals surface area contributed by atoms with E-state index < -0.39 is 43.0 Å². The highest BCUT2D eigenvalue weighted by Crippen LogP contribution is 2.37. The third kappa shape index (κ3) is 5.91. The van der Waals surface area contributed by atoms with Crippen LogP contribution in [0, 0.1) is 0 Å². The molecule has 2 aliphatic heterocycles. The Labute approximate surface area is 198 Å². The number of hydrogen-bond donors (Lipinski definition) is 1. The Morgan fingerprint density at radius 3 is 2.69 bits per heavy atom. The highest BCUT2D eigenvalue weighted by molar-refractivity contribution is 6.05. The van der Waals surface area contributed by atoms with Gasteiger partial charge >= 0.3 is 12.1 Å². The molecule has 2 heterocycles. The lowest BCUT2D eigenvalue weighted by Gasteiger charge is -2.31. The number of halogens is 3. The van der Waals surface area contributed by atoms with Gasteiger partial charge in [0.15, 0.2) is 6.61 Å². The minimum Gasteiger partial charge on any atom is -0.491 e. The quantitative estimate of drug-likeness (QED) is 0.618. The van der Waals surface area contributed by atoms with Crippen LogP contribution in [0.25, 0.3) is 0 Å². The summed E-state index contributed by atoms with van der Waals surface area (Å²) < 4.78 is 57.5. The molecule has 1 saturated heterocycles. The maximum Gasteiger partial charge on any atom is 0.409 e. The number of carbonyl (C=O) groups excluding carboxylic acids is 3.